The van der Waals surface area contributed by atoms with Gasteiger partial charge in [-0.3, -0.25) is 4.90 Å². The molecule has 20 heavy (non-hydrogen) atoms. The molecule has 0 fully saturated rings. The van der Waals surface area contributed by atoms with E-state index in [-0.39, 0.29) is 6.04 Å². The number of halogens is 2. The van der Waals surface area contributed by atoms with Crippen molar-refractivity contribution in [3.05, 3.63) is 69.2 Å². The number of fused-ring (bicyclic) bond motifs is 1. The molecule has 0 saturated heterocycles. The molecule has 0 amide bonds. The van der Waals surface area contributed by atoms with Crippen molar-refractivity contribution in [2.75, 3.05) is 6.54 Å². The number of hydrogen-bond acceptors (Lipinski definition) is 2. The van der Waals surface area contributed by atoms with E-state index in [1.807, 2.05) is 18.2 Å². The molecule has 0 spiro atoms. The minimum Gasteiger partial charge on any atom is -0.329 e. The van der Waals surface area contributed by atoms with E-state index < -0.39 is 0 Å². The highest BCUT2D eigenvalue weighted by molar-refractivity contribution is 6.35. The van der Waals surface area contributed by atoms with Crippen LogP contribution >= 0.6 is 23.2 Å². The van der Waals surface area contributed by atoms with Crippen LogP contribution in [-0.2, 0) is 13.1 Å². The summed E-state index contributed by atoms with van der Waals surface area (Å²) in [4.78, 5) is 2.35. The molecule has 1 aliphatic rings. The molecular formula is C16H16Cl2N2. The molecular weight excluding hydrogens is 291 g/mol. The van der Waals surface area contributed by atoms with Gasteiger partial charge in [-0.05, 0) is 28.8 Å². The quantitative estimate of drug-likeness (QED) is 0.928. The molecule has 0 bridgehead atoms. The maximum Gasteiger partial charge on any atom is 0.0481 e. The molecule has 1 atom stereocenters. The normalized spacial score (nSPS) is 18.2. The maximum atomic E-state index is 6.31. The second-order valence-electron chi connectivity index (χ2n) is 5.10. The Bertz CT molecular complexity index is 613. The van der Waals surface area contributed by atoms with Gasteiger partial charge in [-0.25, -0.2) is 0 Å². The van der Waals surface area contributed by atoms with Crippen molar-refractivity contribution in [2.24, 2.45) is 5.73 Å². The van der Waals surface area contributed by atoms with Crippen molar-refractivity contribution in [2.45, 2.75) is 19.1 Å². The third kappa shape index (κ3) is 2.57. The summed E-state index contributed by atoms with van der Waals surface area (Å²) in [5.74, 6) is 0. The highest BCUT2D eigenvalue weighted by atomic mass is 35.5. The topological polar surface area (TPSA) is 29.3 Å². The van der Waals surface area contributed by atoms with Crippen molar-refractivity contribution in [3.8, 4) is 0 Å². The van der Waals surface area contributed by atoms with Gasteiger partial charge in [-0.2, -0.15) is 0 Å². The molecule has 4 heteroatoms. The Labute approximate surface area is 129 Å². The zero-order valence-corrected chi connectivity index (χ0v) is 12.5. The van der Waals surface area contributed by atoms with E-state index >= 15 is 0 Å². The van der Waals surface area contributed by atoms with E-state index in [1.54, 1.807) is 0 Å². The molecule has 0 saturated carbocycles. The van der Waals surface area contributed by atoms with Crippen LogP contribution < -0.4 is 5.73 Å². The molecule has 104 valence electrons. The summed E-state index contributed by atoms with van der Waals surface area (Å²) in [7, 11) is 0. The van der Waals surface area contributed by atoms with Crippen molar-refractivity contribution in [1.29, 1.82) is 0 Å². The van der Waals surface area contributed by atoms with Crippen LogP contribution in [-0.4, -0.2) is 11.4 Å². The molecule has 1 heterocycles. The minimum atomic E-state index is 0.182. The zero-order valence-electron chi connectivity index (χ0n) is 11.0. The number of rotatable bonds is 3. The summed E-state index contributed by atoms with van der Waals surface area (Å²) in [6.45, 7) is 2.25. The highest BCUT2D eigenvalue weighted by Gasteiger charge is 2.31. The van der Waals surface area contributed by atoms with E-state index in [2.05, 4.69) is 29.2 Å². The second kappa shape index (κ2) is 5.74. The number of benzene rings is 2. The van der Waals surface area contributed by atoms with Crippen molar-refractivity contribution >= 4 is 23.2 Å². The summed E-state index contributed by atoms with van der Waals surface area (Å²) in [6, 6.07) is 14.4. The van der Waals surface area contributed by atoms with Crippen LogP contribution in [0, 0.1) is 0 Å². The fourth-order valence-corrected chi connectivity index (χ4v) is 3.43. The Hall–Kier alpha value is -1.06. The summed E-state index contributed by atoms with van der Waals surface area (Å²) in [5.41, 5.74) is 9.57. The fraction of sp³-hybridized carbons (Fsp3) is 0.250. The Kier molecular flexibility index (Phi) is 3.99. The molecule has 2 aromatic carbocycles. The Morgan fingerprint density at radius 3 is 2.60 bits per heavy atom. The first-order valence-electron chi connectivity index (χ1n) is 6.65. The van der Waals surface area contributed by atoms with E-state index in [0.717, 1.165) is 23.7 Å². The van der Waals surface area contributed by atoms with Crippen molar-refractivity contribution in [1.82, 2.24) is 4.90 Å². The van der Waals surface area contributed by atoms with Gasteiger partial charge in [0, 0.05) is 35.7 Å². The predicted molar refractivity (Wildman–Crippen MR) is 83.9 cm³/mol. The molecule has 2 aromatic rings. The summed E-state index contributed by atoms with van der Waals surface area (Å²) < 4.78 is 0. The minimum absolute atomic E-state index is 0.182. The lowest BCUT2D eigenvalue weighted by molar-refractivity contribution is 0.211. The Morgan fingerprint density at radius 1 is 1.15 bits per heavy atom. The van der Waals surface area contributed by atoms with Gasteiger partial charge in [-0.1, -0.05) is 53.5 Å². The van der Waals surface area contributed by atoms with Crippen LogP contribution in [0.2, 0.25) is 10.0 Å². The average Bonchev–Trinajstić information content (AvgIpc) is 2.77. The lowest BCUT2D eigenvalue weighted by Gasteiger charge is -2.23. The summed E-state index contributed by atoms with van der Waals surface area (Å²) in [6.07, 6.45) is 0. The van der Waals surface area contributed by atoms with Crippen LogP contribution in [0.25, 0.3) is 0 Å². The highest BCUT2D eigenvalue weighted by Crippen LogP contribution is 2.39. The SMILES string of the molecule is NCC1c2cc(Cl)cc(Cl)c2CN1Cc1ccccc1. The second-order valence-corrected chi connectivity index (χ2v) is 5.94. The van der Waals surface area contributed by atoms with E-state index in [4.69, 9.17) is 28.9 Å². The summed E-state index contributed by atoms with van der Waals surface area (Å²) in [5, 5.41) is 1.41. The first kappa shape index (κ1) is 13.9. The lowest BCUT2D eigenvalue weighted by Crippen LogP contribution is -2.27. The van der Waals surface area contributed by atoms with Gasteiger partial charge >= 0.3 is 0 Å². The van der Waals surface area contributed by atoms with E-state index in [1.165, 1.54) is 11.1 Å². The van der Waals surface area contributed by atoms with Gasteiger partial charge in [-0.15, -0.1) is 0 Å². The van der Waals surface area contributed by atoms with Gasteiger partial charge < -0.3 is 5.73 Å². The fourth-order valence-electron chi connectivity index (χ4n) is 2.86. The van der Waals surface area contributed by atoms with Gasteiger partial charge in [0.25, 0.3) is 0 Å². The zero-order chi connectivity index (χ0) is 14.1. The number of nitrogens with two attached hydrogens (primary N) is 1. The first-order valence-corrected chi connectivity index (χ1v) is 7.40. The van der Waals surface area contributed by atoms with Crippen LogP contribution in [0.15, 0.2) is 42.5 Å². The largest absolute Gasteiger partial charge is 0.329 e. The summed E-state index contributed by atoms with van der Waals surface area (Å²) >= 11 is 12.4. The van der Waals surface area contributed by atoms with Gasteiger partial charge in [0.2, 0.25) is 0 Å². The van der Waals surface area contributed by atoms with Crippen LogP contribution in [0.3, 0.4) is 0 Å². The smallest absolute Gasteiger partial charge is 0.0481 e. The van der Waals surface area contributed by atoms with Crippen LogP contribution in [0.1, 0.15) is 22.7 Å². The van der Waals surface area contributed by atoms with Gasteiger partial charge in [0.1, 0.15) is 0 Å². The average molecular weight is 307 g/mol. The molecule has 2 N–H and O–H groups in total. The number of nitrogens with zero attached hydrogens (tertiary/aromatic N) is 1. The van der Waals surface area contributed by atoms with E-state index in [9.17, 15) is 0 Å². The monoisotopic (exact) mass is 306 g/mol. The molecule has 0 aromatic heterocycles. The molecule has 0 aliphatic carbocycles. The molecule has 3 rings (SSSR count). The third-order valence-corrected chi connectivity index (χ3v) is 4.36. The number of hydrogen-bond donors (Lipinski definition) is 1. The van der Waals surface area contributed by atoms with E-state index in [0.29, 0.717) is 11.6 Å². The van der Waals surface area contributed by atoms with Gasteiger partial charge in [0.15, 0.2) is 0 Å². The van der Waals surface area contributed by atoms with Gasteiger partial charge in [0.05, 0.1) is 0 Å². The van der Waals surface area contributed by atoms with Crippen molar-refractivity contribution in [3.63, 3.8) is 0 Å². The Balaban J connectivity index is 1.91. The predicted octanol–water partition coefficient (Wildman–Crippen LogP) is 4.01. The van der Waals surface area contributed by atoms with Crippen LogP contribution in [0.5, 0.6) is 0 Å². The standard InChI is InChI=1S/C16H16Cl2N2/c17-12-6-13-14(15(18)7-12)10-20(16(13)8-19)9-11-4-2-1-3-5-11/h1-7,16H,8-10,19H2. The first-order chi connectivity index (χ1) is 9.69. The lowest BCUT2D eigenvalue weighted by atomic mass is 10.0. The molecule has 0 radical (unpaired) electrons. The third-order valence-electron chi connectivity index (χ3n) is 3.81. The molecule has 2 nitrogen and oxygen atoms in total. The molecule has 1 unspecified atom stereocenters. The molecule has 1 aliphatic heterocycles. The van der Waals surface area contributed by atoms with Crippen LogP contribution in [0.4, 0.5) is 0 Å². The maximum absolute atomic E-state index is 6.31. The van der Waals surface area contributed by atoms with Crippen molar-refractivity contribution < 1.29 is 0 Å². The Morgan fingerprint density at radius 2 is 1.90 bits per heavy atom.